The molecule has 0 fully saturated rings. The van der Waals surface area contributed by atoms with Crippen molar-refractivity contribution in [3.63, 3.8) is 0 Å². The lowest BCUT2D eigenvalue weighted by Gasteiger charge is -2.19. The fourth-order valence-corrected chi connectivity index (χ4v) is 3.05. The van der Waals surface area contributed by atoms with Crippen LogP contribution in [0.2, 0.25) is 5.15 Å². The first kappa shape index (κ1) is 17.5. The number of rotatable bonds is 6. The Morgan fingerprint density at radius 2 is 1.96 bits per heavy atom. The van der Waals surface area contributed by atoms with E-state index in [1.165, 1.54) is 22.9 Å². The van der Waals surface area contributed by atoms with Gasteiger partial charge in [0.1, 0.15) is 17.1 Å². The Morgan fingerprint density at radius 1 is 1.35 bits per heavy atom. The number of hydrogen-bond acceptors (Lipinski definition) is 3. The molecule has 1 aromatic carbocycles. The zero-order valence-corrected chi connectivity index (χ0v) is 14.3. The van der Waals surface area contributed by atoms with E-state index in [1.807, 2.05) is 0 Å². The third-order valence-electron chi connectivity index (χ3n) is 4.03. The average Bonchev–Trinajstić information content (AvgIpc) is 2.93. The fraction of sp³-hybridized carbons (Fsp3) is 0.412. The van der Waals surface area contributed by atoms with Crippen LogP contribution in [0.4, 0.5) is 4.79 Å². The highest BCUT2D eigenvalue weighted by molar-refractivity contribution is 6.30. The number of halogens is 1. The van der Waals surface area contributed by atoms with Crippen LogP contribution in [0.3, 0.4) is 0 Å². The number of carboxylic acid groups (broad SMARTS) is 1. The molecule has 0 saturated carbocycles. The Balaban J connectivity index is 2.44. The molecule has 1 N–H and O–H groups in total. The van der Waals surface area contributed by atoms with Gasteiger partial charge in [-0.15, -0.1) is 0 Å². The zero-order chi connectivity index (χ0) is 17.0. The second kappa shape index (κ2) is 7.62. The van der Waals surface area contributed by atoms with Gasteiger partial charge in [-0.1, -0.05) is 43.6 Å². The maximum atomic E-state index is 11.4. The molecular weight excluding hydrogens is 316 g/mol. The second-order valence-corrected chi connectivity index (χ2v) is 5.63. The van der Waals surface area contributed by atoms with Gasteiger partial charge in [0.15, 0.2) is 0 Å². The van der Waals surface area contributed by atoms with Crippen LogP contribution in [-0.4, -0.2) is 27.9 Å². The van der Waals surface area contributed by atoms with Crippen molar-refractivity contribution in [2.45, 2.75) is 39.2 Å². The molecule has 124 valence electrons. The standard InChI is InChI=1S/C17H21ClN2O3/c1-4-11-7-6-8-12(5-2)13(11)9-14(23-3)16-19-10-15(18)20(16)17(21)22/h6-8,10,14H,4-5,9H2,1-3H3,(H,21,22). The molecule has 0 radical (unpaired) electrons. The van der Waals surface area contributed by atoms with Gasteiger partial charge < -0.3 is 9.84 Å². The summed E-state index contributed by atoms with van der Waals surface area (Å²) in [5, 5.41) is 9.39. The van der Waals surface area contributed by atoms with E-state index in [-0.39, 0.29) is 5.15 Å². The number of aryl methyl sites for hydroxylation is 2. The van der Waals surface area contributed by atoms with Crippen LogP contribution in [-0.2, 0) is 24.0 Å². The molecule has 0 aliphatic heterocycles. The van der Waals surface area contributed by atoms with Crippen LogP contribution in [0, 0.1) is 0 Å². The highest BCUT2D eigenvalue weighted by atomic mass is 35.5. The molecule has 1 atom stereocenters. The summed E-state index contributed by atoms with van der Waals surface area (Å²) in [7, 11) is 1.56. The Morgan fingerprint density at radius 3 is 2.43 bits per heavy atom. The molecule has 23 heavy (non-hydrogen) atoms. The lowest BCUT2D eigenvalue weighted by Crippen LogP contribution is -2.19. The molecule has 1 heterocycles. The van der Waals surface area contributed by atoms with Gasteiger partial charge >= 0.3 is 6.09 Å². The number of carbonyl (C=O) groups is 1. The molecule has 0 aliphatic rings. The molecule has 6 heteroatoms. The first-order chi connectivity index (χ1) is 11.0. The van der Waals surface area contributed by atoms with Gasteiger partial charge in [-0.3, -0.25) is 0 Å². The molecule has 5 nitrogen and oxygen atoms in total. The normalized spacial score (nSPS) is 12.3. The predicted molar refractivity (Wildman–Crippen MR) is 89.3 cm³/mol. The number of aromatic nitrogens is 2. The number of imidazole rings is 1. The lowest BCUT2D eigenvalue weighted by molar-refractivity contribution is 0.0923. The zero-order valence-electron chi connectivity index (χ0n) is 13.5. The molecule has 1 unspecified atom stereocenters. The molecule has 0 saturated heterocycles. The van der Waals surface area contributed by atoms with Gasteiger partial charge in [-0.05, 0) is 29.5 Å². The third-order valence-corrected chi connectivity index (χ3v) is 4.30. The van der Waals surface area contributed by atoms with Crippen LogP contribution in [0.25, 0.3) is 0 Å². The molecule has 2 aromatic rings. The summed E-state index contributed by atoms with van der Waals surface area (Å²) in [6.07, 6.45) is 2.08. The summed E-state index contributed by atoms with van der Waals surface area (Å²) < 4.78 is 6.51. The van der Waals surface area contributed by atoms with E-state index in [1.54, 1.807) is 7.11 Å². The first-order valence-electron chi connectivity index (χ1n) is 7.62. The van der Waals surface area contributed by atoms with E-state index >= 15 is 0 Å². The number of hydrogen-bond donors (Lipinski definition) is 1. The molecule has 0 spiro atoms. The van der Waals surface area contributed by atoms with Crippen molar-refractivity contribution in [2.75, 3.05) is 7.11 Å². The van der Waals surface area contributed by atoms with Gasteiger partial charge in [-0.2, -0.15) is 0 Å². The van der Waals surface area contributed by atoms with Gasteiger partial charge in [0, 0.05) is 13.5 Å². The van der Waals surface area contributed by atoms with E-state index < -0.39 is 12.2 Å². The number of nitrogens with zero attached hydrogens (tertiary/aromatic N) is 2. The van der Waals surface area contributed by atoms with Gasteiger partial charge in [-0.25, -0.2) is 14.3 Å². The van der Waals surface area contributed by atoms with Gasteiger partial charge in [0.05, 0.1) is 6.20 Å². The SMILES string of the molecule is CCc1cccc(CC)c1CC(OC)c1ncc(Cl)n1C(=O)O. The summed E-state index contributed by atoms with van der Waals surface area (Å²) in [4.78, 5) is 15.5. The molecule has 1 aromatic heterocycles. The van der Waals surface area contributed by atoms with Crippen LogP contribution in [0.5, 0.6) is 0 Å². The number of benzene rings is 1. The number of ether oxygens (including phenoxy) is 1. The third kappa shape index (κ3) is 3.57. The van der Waals surface area contributed by atoms with Crippen molar-refractivity contribution < 1.29 is 14.6 Å². The second-order valence-electron chi connectivity index (χ2n) is 5.25. The predicted octanol–water partition coefficient (Wildman–Crippen LogP) is 4.12. The summed E-state index contributed by atoms with van der Waals surface area (Å²) in [5.41, 5.74) is 3.68. The highest BCUT2D eigenvalue weighted by Crippen LogP contribution is 2.27. The van der Waals surface area contributed by atoms with Crippen molar-refractivity contribution in [1.82, 2.24) is 9.55 Å². The van der Waals surface area contributed by atoms with Crippen LogP contribution in [0.1, 0.15) is 42.5 Å². The topological polar surface area (TPSA) is 64.4 Å². The molecule has 0 bridgehead atoms. The van der Waals surface area contributed by atoms with Crippen LogP contribution < -0.4 is 0 Å². The van der Waals surface area contributed by atoms with Crippen LogP contribution >= 0.6 is 11.6 Å². The summed E-state index contributed by atoms with van der Waals surface area (Å²) in [6, 6.07) is 6.24. The van der Waals surface area contributed by atoms with Crippen molar-refractivity contribution in [2.24, 2.45) is 0 Å². The minimum Gasteiger partial charge on any atom is -0.464 e. The van der Waals surface area contributed by atoms with Crippen molar-refractivity contribution in [3.8, 4) is 0 Å². The largest absolute Gasteiger partial charge is 0.464 e. The quantitative estimate of drug-likeness (QED) is 0.861. The fourth-order valence-electron chi connectivity index (χ4n) is 2.84. The highest BCUT2D eigenvalue weighted by Gasteiger charge is 2.24. The summed E-state index contributed by atoms with van der Waals surface area (Å²) in [5.74, 6) is 0.304. The lowest BCUT2D eigenvalue weighted by atomic mass is 9.93. The monoisotopic (exact) mass is 336 g/mol. The van der Waals surface area contributed by atoms with Crippen molar-refractivity contribution in [3.05, 3.63) is 52.1 Å². The first-order valence-corrected chi connectivity index (χ1v) is 8.00. The molecule has 0 amide bonds. The van der Waals surface area contributed by atoms with Crippen molar-refractivity contribution >= 4 is 17.7 Å². The molecule has 2 rings (SSSR count). The van der Waals surface area contributed by atoms with Crippen molar-refractivity contribution in [1.29, 1.82) is 0 Å². The van der Waals surface area contributed by atoms with E-state index in [0.29, 0.717) is 12.2 Å². The maximum absolute atomic E-state index is 11.4. The minimum atomic E-state index is -1.16. The van der Waals surface area contributed by atoms with E-state index in [9.17, 15) is 9.90 Å². The Bertz CT molecular complexity index is 675. The van der Waals surface area contributed by atoms with Crippen LogP contribution in [0.15, 0.2) is 24.4 Å². The molecule has 0 aliphatic carbocycles. The average molecular weight is 337 g/mol. The number of methoxy groups -OCH3 is 1. The summed E-state index contributed by atoms with van der Waals surface area (Å²) >= 11 is 5.93. The van der Waals surface area contributed by atoms with E-state index in [4.69, 9.17) is 16.3 Å². The Hall–Kier alpha value is -1.85. The van der Waals surface area contributed by atoms with Gasteiger partial charge in [0.2, 0.25) is 0 Å². The maximum Gasteiger partial charge on any atom is 0.418 e. The Kier molecular flexibility index (Phi) is 5.80. The van der Waals surface area contributed by atoms with E-state index in [2.05, 4.69) is 37.0 Å². The van der Waals surface area contributed by atoms with Gasteiger partial charge in [0.25, 0.3) is 0 Å². The Labute approximate surface area is 140 Å². The van der Waals surface area contributed by atoms with E-state index in [0.717, 1.165) is 17.4 Å². The minimum absolute atomic E-state index is 0.0639. The molecular formula is C17H21ClN2O3. The summed E-state index contributed by atoms with van der Waals surface area (Å²) in [6.45, 7) is 4.21. The smallest absolute Gasteiger partial charge is 0.418 e.